The van der Waals surface area contributed by atoms with Crippen molar-refractivity contribution in [3.8, 4) is 5.75 Å². The quantitative estimate of drug-likeness (QED) is 0.897. The maximum atomic E-state index is 6.07. The standard InChI is InChI=1S/C11H15BrN2O/c1-11(2)9(10(11)13)8-6(12)4-14-5-7(8)15-3/h4-5,9-10H,13H2,1-3H3/t9-,10-/m1/s1. The molecule has 2 rings (SSSR count). The van der Waals surface area contributed by atoms with Gasteiger partial charge in [-0.1, -0.05) is 13.8 Å². The Morgan fingerprint density at radius 2 is 2.07 bits per heavy atom. The molecule has 3 nitrogen and oxygen atoms in total. The number of nitrogens with zero attached hydrogens (tertiary/aromatic N) is 1. The van der Waals surface area contributed by atoms with Crippen LogP contribution in [0.1, 0.15) is 25.3 Å². The molecule has 0 saturated heterocycles. The molecule has 0 aromatic carbocycles. The maximum absolute atomic E-state index is 6.07. The van der Waals surface area contributed by atoms with Crippen molar-refractivity contribution in [1.29, 1.82) is 0 Å². The molecule has 0 amide bonds. The van der Waals surface area contributed by atoms with E-state index in [0.29, 0.717) is 5.92 Å². The fourth-order valence-electron chi connectivity index (χ4n) is 2.12. The Morgan fingerprint density at radius 1 is 1.47 bits per heavy atom. The van der Waals surface area contributed by atoms with E-state index < -0.39 is 0 Å². The van der Waals surface area contributed by atoms with Crippen molar-refractivity contribution in [1.82, 2.24) is 4.98 Å². The first-order valence-electron chi connectivity index (χ1n) is 4.93. The van der Waals surface area contributed by atoms with Crippen LogP contribution in [0, 0.1) is 5.41 Å². The van der Waals surface area contributed by atoms with Gasteiger partial charge < -0.3 is 10.5 Å². The molecule has 2 atom stereocenters. The van der Waals surface area contributed by atoms with Crippen molar-refractivity contribution in [3.63, 3.8) is 0 Å². The van der Waals surface area contributed by atoms with E-state index in [-0.39, 0.29) is 11.5 Å². The van der Waals surface area contributed by atoms with Gasteiger partial charge in [0.15, 0.2) is 0 Å². The summed E-state index contributed by atoms with van der Waals surface area (Å²) in [6.07, 6.45) is 3.53. The van der Waals surface area contributed by atoms with Gasteiger partial charge in [-0.2, -0.15) is 0 Å². The first-order chi connectivity index (χ1) is 7.00. The summed E-state index contributed by atoms with van der Waals surface area (Å²) in [7, 11) is 1.66. The topological polar surface area (TPSA) is 48.1 Å². The minimum Gasteiger partial charge on any atom is -0.495 e. The zero-order chi connectivity index (χ0) is 11.2. The van der Waals surface area contributed by atoms with Gasteiger partial charge in [0.1, 0.15) is 5.75 Å². The van der Waals surface area contributed by atoms with Crippen molar-refractivity contribution in [2.75, 3.05) is 7.11 Å². The van der Waals surface area contributed by atoms with Crippen LogP contribution in [-0.4, -0.2) is 18.1 Å². The number of aromatic nitrogens is 1. The Morgan fingerprint density at radius 3 is 2.53 bits per heavy atom. The molecule has 1 aliphatic carbocycles. The summed E-state index contributed by atoms with van der Waals surface area (Å²) in [4.78, 5) is 4.09. The highest BCUT2D eigenvalue weighted by Gasteiger charge is 2.57. The number of methoxy groups -OCH3 is 1. The predicted molar refractivity (Wildman–Crippen MR) is 63.0 cm³/mol. The first-order valence-corrected chi connectivity index (χ1v) is 5.72. The molecule has 4 heteroatoms. The van der Waals surface area contributed by atoms with E-state index in [1.165, 1.54) is 0 Å². The van der Waals surface area contributed by atoms with Crippen LogP contribution in [0.3, 0.4) is 0 Å². The molecule has 0 bridgehead atoms. The van der Waals surface area contributed by atoms with E-state index in [2.05, 4.69) is 34.8 Å². The number of halogens is 1. The van der Waals surface area contributed by atoms with Crippen molar-refractivity contribution in [3.05, 3.63) is 22.4 Å². The molecule has 0 spiro atoms. The molecule has 1 aliphatic rings. The lowest BCUT2D eigenvalue weighted by molar-refractivity contribution is 0.405. The van der Waals surface area contributed by atoms with Crippen LogP contribution in [0.5, 0.6) is 5.75 Å². The summed E-state index contributed by atoms with van der Waals surface area (Å²) in [6, 6.07) is 0.199. The first kappa shape index (κ1) is 10.9. The number of hydrogen-bond donors (Lipinski definition) is 1. The van der Waals surface area contributed by atoms with Crippen LogP contribution in [0.4, 0.5) is 0 Å². The molecule has 2 N–H and O–H groups in total. The summed E-state index contributed by atoms with van der Waals surface area (Å²) in [5.74, 6) is 1.17. The Hall–Kier alpha value is -0.610. The normalized spacial score (nSPS) is 27.5. The average Bonchev–Trinajstić information content (AvgIpc) is 2.66. The van der Waals surface area contributed by atoms with Gasteiger partial charge in [-0.05, 0) is 21.3 Å². The molecule has 1 heterocycles. The molecular formula is C11H15BrN2O. The SMILES string of the molecule is COc1cncc(Br)c1[C@@H]1[C@@H](N)C1(C)C. The second-order valence-corrected chi connectivity index (χ2v) is 5.42. The van der Waals surface area contributed by atoms with Crippen molar-refractivity contribution in [2.24, 2.45) is 11.1 Å². The summed E-state index contributed by atoms with van der Waals surface area (Å²) in [5.41, 5.74) is 7.37. The fourth-order valence-corrected chi connectivity index (χ4v) is 2.68. The molecule has 1 aromatic heterocycles. The average molecular weight is 271 g/mol. The van der Waals surface area contributed by atoms with Crippen molar-refractivity contribution in [2.45, 2.75) is 25.8 Å². The van der Waals surface area contributed by atoms with Crippen molar-refractivity contribution < 1.29 is 4.74 Å². The maximum Gasteiger partial charge on any atom is 0.141 e. The van der Waals surface area contributed by atoms with Gasteiger partial charge in [0.2, 0.25) is 0 Å². The van der Waals surface area contributed by atoms with Crippen molar-refractivity contribution >= 4 is 15.9 Å². The van der Waals surface area contributed by atoms with Crippen LogP contribution in [0.25, 0.3) is 0 Å². The lowest BCUT2D eigenvalue weighted by Gasteiger charge is -2.10. The third-order valence-corrected chi connectivity index (χ3v) is 3.98. The van der Waals surface area contributed by atoms with E-state index in [4.69, 9.17) is 10.5 Å². The molecule has 1 saturated carbocycles. The molecule has 0 radical (unpaired) electrons. The zero-order valence-electron chi connectivity index (χ0n) is 9.12. The number of nitrogens with two attached hydrogens (primary N) is 1. The van der Waals surface area contributed by atoms with E-state index in [1.54, 1.807) is 19.5 Å². The zero-order valence-corrected chi connectivity index (χ0v) is 10.7. The van der Waals surface area contributed by atoms with Crippen LogP contribution >= 0.6 is 15.9 Å². The third kappa shape index (κ3) is 1.56. The molecule has 0 unspecified atom stereocenters. The highest BCUT2D eigenvalue weighted by atomic mass is 79.9. The van der Waals surface area contributed by atoms with E-state index >= 15 is 0 Å². The fraction of sp³-hybridized carbons (Fsp3) is 0.545. The van der Waals surface area contributed by atoms with Gasteiger partial charge in [0.05, 0.1) is 13.3 Å². The van der Waals surface area contributed by atoms with Gasteiger partial charge >= 0.3 is 0 Å². The number of hydrogen-bond acceptors (Lipinski definition) is 3. The van der Waals surface area contributed by atoms with E-state index in [1.807, 2.05) is 0 Å². The number of rotatable bonds is 2. The lowest BCUT2D eigenvalue weighted by Crippen LogP contribution is -2.06. The van der Waals surface area contributed by atoms with Crippen LogP contribution in [0.2, 0.25) is 0 Å². The van der Waals surface area contributed by atoms with Gasteiger partial charge in [-0.25, -0.2) is 0 Å². The molecule has 82 valence electrons. The predicted octanol–water partition coefficient (Wildman–Crippen LogP) is 2.30. The number of ether oxygens (including phenoxy) is 1. The number of pyridine rings is 1. The summed E-state index contributed by atoms with van der Waals surface area (Å²) in [5, 5.41) is 0. The largest absolute Gasteiger partial charge is 0.495 e. The minimum absolute atomic E-state index is 0.150. The lowest BCUT2D eigenvalue weighted by atomic mass is 10.0. The van der Waals surface area contributed by atoms with Gasteiger partial charge in [-0.3, -0.25) is 4.98 Å². The Kier molecular flexibility index (Phi) is 2.51. The molecular weight excluding hydrogens is 256 g/mol. The second kappa shape index (κ2) is 3.46. The van der Waals surface area contributed by atoms with Gasteiger partial charge in [0.25, 0.3) is 0 Å². The van der Waals surface area contributed by atoms with Crippen LogP contribution < -0.4 is 10.5 Å². The van der Waals surface area contributed by atoms with Crippen LogP contribution in [-0.2, 0) is 0 Å². The molecule has 1 fully saturated rings. The highest BCUT2D eigenvalue weighted by molar-refractivity contribution is 9.10. The molecule has 1 aromatic rings. The second-order valence-electron chi connectivity index (χ2n) is 4.56. The highest BCUT2D eigenvalue weighted by Crippen LogP contribution is 2.60. The van der Waals surface area contributed by atoms with Gasteiger partial charge in [-0.15, -0.1) is 0 Å². The summed E-state index contributed by atoms with van der Waals surface area (Å²) in [6.45, 7) is 4.35. The molecule has 15 heavy (non-hydrogen) atoms. The Bertz CT molecular complexity index is 392. The van der Waals surface area contributed by atoms with Crippen LogP contribution in [0.15, 0.2) is 16.9 Å². The smallest absolute Gasteiger partial charge is 0.141 e. The Labute approximate surface area is 98.2 Å². The summed E-state index contributed by atoms with van der Waals surface area (Å²) < 4.78 is 6.30. The monoisotopic (exact) mass is 270 g/mol. The van der Waals surface area contributed by atoms with Gasteiger partial charge in [0, 0.05) is 28.2 Å². The van der Waals surface area contributed by atoms with E-state index in [0.717, 1.165) is 15.8 Å². The third-order valence-electron chi connectivity index (χ3n) is 3.34. The van der Waals surface area contributed by atoms with E-state index in [9.17, 15) is 0 Å². The molecule has 0 aliphatic heterocycles. The summed E-state index contributed by atoms with van der Waals surface area (Å²) >= 11 is 3.51. The minimum atomic E-state index is 0.150. The Balaban J connectivity index is 2.45.